The summed E-state index contributed by atoms with van der Waals surface area (Å²) in [4.78, 5) is 15.0. The maximum Gasteiger partial charge on any atom is 0.335 e. The van der Waals surface area contributed by atoms with E-state index < -0.39 is 12.1 Å². The van der Waals surface area contributed by atoms with Crippen LogP contribution in [0.15, 0.2) is 67.0 Å². The second-order valence-electron chi connectivity index (χ2n) is 6.45. The van der Waals surface area contributed by atoms with Gasteiger partial charge in [0.2, 0.25) is 0 Å². The highest BCUT2D eigenvalue weighted by atomic mass is 35.5. The minimum Gasteiger partial charge on any atom is -0.478 e. The van der Waals surface area contributed by atoms with Crippen molar-refractivity contribution in [1.82, 2.24) is 10.3 Å². The second kappa shape index (κ2) is 9.46. The zero-order chi connectivity index (χ0) is 19.9. The third kappa shape index (κ3) is 5.16. The number of aromatic carboxylic acids is 1. The second-order valence-corrected chi connectivity index (χ2v) is 6.86. The SMILES string of the molecule is O=C(O)c1ccc(-c2ccc(CCNC[C@@H](O)c3cccnc3)cc2)c(Cl)c1. The highest BCUT2D eigenvalue weighted by molar-refractivity contribution is 6.33. The molecule has 0 spiro atoms. The number of carboxylic acids is 1. The fourth-order valence-electron chi connectivity index (χ4n) is 2.90. The Balaban J connectivity index is 1.53. The number of nitrogens with zero attached hydrogens (tertiary/aromatic N) is 1. The molecule has 1 aromatic heterocycles. The van der Waals surface area contributed by atoms with Gasteiger partial charge in [-0.3, -0.25) is 4.98 Å². The number of rotatable bonds is 8. The topological polar surface area (TPSA) is 82.5 Å². The van der Waals surface area contributed by atoms with E-state index >= 15 is 0 Å². The van der Waals surface area contributed by atoms with Crippen LogP contribution in [-0.2, 0) is 6.42 Å². The number of aromatic nitrogens is 1. The van der Waals surface area contributed by atoms with Crippen LogP contribution in [0.25, 0.3) is 11.1 Å². The summed E-state index contributed by atoms with van der Waals surface area (Å²) in [6.45, 7) is 1.21. The standard InChI is InChI=1S/C22H21ClN2O3/c23-20-12-17(22(27)28)7-8-19(20)16-5-3-15(4-6-16)9-11-25-14-21(26)18-2-1-10-24-13-18/h1-8,10,12-13,21,25-26H,9,11,14H2,(H,27,28)/t21-/m1/s1. The number of aliphatic hydroxyl groups is 1. The third-order valence-corrected chi connectivity index (χ3v) is 4.79. The summed E-state index contributed by atoms with van der Waals surface area (Å²) >= 11 is 6.23. The fourth-order valence-corrected chi connectivity index (χ4v) is 3.19. The van der Waals surface area contributed by atoms with Crippen molar-refractivity contribution in [2.24, 2.45) is 0 Å². The molecule has 6 heteroatoms. The van der Waals surface area contributed by atoms with Gasteiger partial charge in [-0.1, -0.05) is 48.0 Å². The smallest absolute Gasteiger partial charge is 0.335 e. The molecule has 0 radical (unpaired) electrons. The number of pyridine rings is 1. The largest absolute Gasteiger partial charge is 0.478 e. The third-order valence-electron chi connectivity index (χ3n) is 4.48. The van der Waals surface area contributed by atoms with E-state index in [2.05, 4.69) is 10.3 Å². The van der Waals surface area contributed by atoms with Crippen LogP contribution < -0.4 is 5.32 Å². The van der Waals surface area contributed by atoms with Gasteiger partial charge in [0.05, 0.1) is 11.7 Å². The van der Waals surface area contributed by atoms with Crippen molar-refractivity contribution in [2.75, 3.05) is 13.1 Å². The maximum atomic E-state index is 11.0. The quantitative estimate of drug-likeness (QED) is 0.502. The van der Waals surface area contributed by atoms with E-state index in [1.807, 2.05) is 36.4 Å². The highest BCUT2D eigenvalue weighted by Crippen LogP contribution is 2.29. The molecule has 1 atom stereocenters. The molecule has 5 nitrogen and oxygen atoms in total. The van der Waals surface area contributed by atoms with Gasteiger partial charge in [0.1, 0.15) is 0 Å². The van der Waals surface area contributed by atoms with Gasteiger partial charge in [0.15, 0.2) is 0 Å². The van der Waals surface area contributed by atoms with E-state index in [4.69, 9.17) is 16.7 Å². The minimum absolute atomic E-state index is 0.171. The van der Waals surface area contributed by atoms with E-state index in [-0.39, 0.29) is 5.56 Å². The molecule has 144 valence electrons. The minimum atomic E-state index is -0.995. The Morgan fingerprint density at radius 3 is 2.57 bits per heavy atom. The number of aliphatic hydroxyl groups excluding tert-OH is 1. The van der Waals surface area contributed by atoms with Crippen LogP contribution in [-0.4, -0.2) is 34.3 Å². The number of hydrogen-bond donors (Lipinski definition) is 3. The molecule has 0 unspecified atom stereocenters. The Bertz CT molecular complexity index is 930. The molecule has 3 aromatic rings. The summed E-state index contributed by atoms with van der Waals surface area (Å²) in [5.74, 6) is -0.995. The molecule has 2 aromatic carbocycles. The molecular weight excluding hydrogens is 376 g/mol. The number of benzene rings is 2. The molecule has 0 amide bonds. The lowest BCUT2D eigenvalue weighted by Gasteiger charge is -2.12. The first-order valence-corrected chi connectivity index (χ1v) is 9.33. The first-order chi connectivity index (χ1) is 13.5. The van der Waals surface area contributed by atoms with Gasteiger partial charge in [-0.15, -0.1) is 0 Å². The van der Waals surface area contributed by atoms with Crippen LogP contribution >= 0.6 is 11.6 Å². The summed E-state index contributed by atoms with van der Waals surface area (Å²) in [6, 6.07) is 16.4. The molecule has 0 fully saturated rings. The first-order valence-electron chi connectivity index (χ1n) is 8.95. The summed E-state index contributed by atoms with van der Waals surface area (Å²) in [5.41, 5.74) is 3.86. The zero-order valence-electron chi connectivity index (χ0n) is 15.2. The van der Waals surface area contributed by atoms with Gasteiger partial charge in [-0.05, 0) is 42.3 Å². The van der Waals surface area contributed by atoms with E-state index in [0.29, 0.717) is 11.6 Å². The number of nitrogens with one attached hydrogen (secondary N) is 1. The number of halogens is 1. The van der Waals surface area contributed by atoms with Crippen molar-refractivity contribution >= 4 is 17.6 Å². The predicted molar refractivity (Wildman–Crippen MR) is 110 cm³/mol. The van der Waals surface area contributed by atoms with E-state index in [1.54, 1.807) is 24.5 Å². The lowest BCUT2D eigenvalue weighted by Crippen LogP contribution is -2.23. The van der Waals surface area contributed by atoms with Gasteiger partial charge in [0, 0.05) is 35.1 Å². The number of carboxylic acid groups (broad SMARTS) is 1. The Labute approximate surface area is 168 Å². The average Bonchev–Trinajstić information content (AvgIpc) is 2.72. The van der Waals surface area contributed by atoms with Gasteiger partial charge in [-0.2, -0.15) is 0 Å². The molecule has 0 aliphatic rings. The van der Waals surface area contributed by atoms with E-state index in [1.165, 1.54) is 6.07 Å². The van der Waals surface area contributed by atoms with Crippen LogP contribution in [0.3, 0.4) is 0 Å². The van der Waals surface area contributed by atoms with E-state index in [9.17, 15) is 9.90 Å². The van der Waals surface area contributed by atoms with Gasteiger partial charge in [0.25, 0.3) is 0 Å². The summed E-state index contributed by atoms with van der Waals surface area (Å²) in [6.07, 6.45) is 3.60. The van der Waals surface area contributed by atoms with Crippen LogP contribution in [0.1, 0.15) is 27.6 Å². The lowest BCUT2D eigenvalue weighted by molar-refractivity contribution is 0.0697. The van der Waals surface area contributed by atoms with Crippen molar-refractivity contribution in [3.8, 4) is 11.1 Å². The Kier molecular flexibility index (Phi) is 6.76. The molecule has 0 saturated carbocycles. The average molecular weight is 397 g/mol. The van der Waals surface area contributed by atoms with Crippen LogP contribution in [0, 0.1) is 0 Å². The molecule has 0 aliphatic carbocycles. The monoisotopic (exact) mass is 396 g/mol. The van der Waals surface area contributed by atoms with Crippen molar-refractivity contribution in [3.63, 3.8) is 0 Å². The lowest BCUT2D eigenvalue weighted by atomic mass is 10.0. The Morgan fingerprint density at radius 1 is 1.14 bits per heavy atom. The molecule has 0 aliphatic heterocycles. The van der Waals surface area contributed by atoms with Crippen LogP contribution in [0.5, 0.6) is 0 Å². The molecule has 1 heterocycles. The summed E-state index contributed by atoms with van der Waals surface area (Å²) < 4.78 is 0. The molecular formula is C22H21ClN2O3. The van der Waals surface area contributed by atoms with Crippen molar-refractivity contribution in [1.29, 1.82) is 0 Å². The molecule has 28 heavy (non-hydrogen) atoms. The number of carbonyl (C=O) groups is 1. The molecule has 3 rings (SSSR count). The van der Waals surface area contributed by atoms with Gasteiger partial charge in [-0.25, -0.2) is 4.79 Å². The first kappa shape index (κ1) is 20.0. The maximum absolute atomic E-state index is 11.0. The Hall–Kier alpha value is -2.73. The molecule has 0 bridgehead atoms. The summed E-state index contributed by atoms with van der Waals surface area (Å²) in [7, 11) is 0. The zero-order valence-corrected chi connectivity index (χ0v) is 15.9. The highest BCUT2D eigenvalue weighted by Gasteiger charge is 2.09. The van der Waals surface area contributed by atoms with E-state index in [0.717, 1.165) is 35.2 Å². The summed E-state index contributed by atoms with van der Waals surface area (Å²) in [5, 5.41) is 22.8. The van der Waals surface area contributed by atoms with Gasteiger partial charge < -0.3 is 15.5 Å². The Morgan fingerprint density at radius 2 is 1.93 bits per heavy atom. The van der Waals surface area contributed by atoms with Crippen LogP contribution in [0.4, 0.5) is 0 Å². The van der Waals surface area contributed by atoms with Crippen LogP contribution in [0.2, 0.25) is 5.02 Å². The van der Waals surface area contributed by atoms with Crippen molar-refractivity contribution < 1.29 is 15.0 Å². The molecule has 3 N–H and O–H groups in total. The normalized spacial score (nSPS) is 11.9. The molecule has 0 saturated heterocycles. The van der Waals surface area contributed by atoms with Crippen molar-refractivity contribution in [2.45, 2.75) is 12.5 Å². The number of hydrogen-bond acceptors (Lipinski definition) is 4. The fraction of sp³-hybridized carbons (Fsp3) is 0.182. The van der Waals surface area contributed by atoms with Crippen molar-refractivity contribution in [3.05, 3.63) is 88.7 Å². The predicted octanol–water partition coefficient (Wildman–Crippen LogP) is 3.97. The van der Waals surface area contributed by atoms with Gasteiger partial charge >= 0.3 is 5.97 Å².